The zero-order valence-electron chi connectivity index (χ0n) is 12.6. The fourth-order valence-corrected chi connectivity index (χ4v) is 3.16. The van der Waals surface area contributed by atoms with Crippen molar-refractivity contribution in [1.82, 2.24) is 25.1 Å². The van der Waals surface area contributed by atoms with E-state index in [-0.39, 0.29) is 11.8 Å². The summed E-state index contributed by atoms with van der Waals surface area (Å²) in [6.45, 7) is 5.06. The maximum absolute atomic E-state index is 11.6. The third kappa shape index (κ3) is 3.38. The van der Waals surface area contributed by atoms with Crippen molar-refractivity contribution in [2.24, 2.45) is 0 Å². The number of nitrogens with zero attached hydrogens (tertiary/aromatic N) is 5. The molecule has 1 fully saturated rings. The smallest absolute Gasteiger partial charge is 0.219 e. The van der Waals surface area contributed by atoms with Crippen LogP contribution in [-0.4, -0.2) is 44.1 Å². The first-order valence-electron chi connectivity index (χ1n) is 7.26. The van der Waals surface area contributed by atoms with Gasteiger partial charge in [-0.2, -0.15) is 0 Å². The largest absolute Gasteiger partial charge is 0.342 e. The van der Waals surface area contributed by atoms with Gasteiger partial charge in [-0.3, -0.25) is 4.79 Å². The van der Waals surface area contributed by atoms with E-state index >= 15 is 0 Å². The number of hydrogen-bond acceptors (Lipinski definition) is 7. The van der Waals surface area contributed by atoms with E-state index in [0.717, 1.165) is 37.4 Å². The third-order valence-corrected chi connectivity index (χ3v) is 4.34. The molecule has 3 heterocycles. The highest BCUT2D eigenvalue weighted by Gasteiger charge is 2.24. The van der Waals surface area contributed by atoms with Crippen molar-refractivity contribution >= 4 is 28.2 Å². The van der Waals surface area contributed by atoms with Crippen LogP contribution < -0.4 is 5.32 Å². The number of rotatable bonds is 3. The zero-order valence-corrected chi connectivity index (χ0v) is 13.4. The SMILES string of the molecule is CC(=O)N1CCCC(c2cc(Nc3nncs3)nc(C)n2)C1. The maximum Gasteiger partial charge on any atom is 0.219 e. The topological polar surface area (TPSA) is 83.9 Å². The van der Waals surface area contributed by atoms with Crippen LogP contribution in [0.15, 0.2) is 11.6 Å². The Hall–Kier alpha value is -2.09. The zero-order chi connectivity index (χ0) is 15.5. The molecule has 2 aromatic heterocycles. The molecule has 0 spiro atoms. The number of amides is 1. The molecular formula is C14H18N6OS. The Kier molecular flexibility index (Phi) is 4.28. The van der Waals surface area contributed by atoms with Crippen LogP contribution in [0.25, 0.3) is 0 Å². The molecular weight excluding hydrogens is 300 g/mol. The predicted molar refractivity (Wildman–Crippen MR) is 84.2 cm³/mol. The second-order valence-corrected chi connectivity index (χ2v) is 6.23. The maximum atomic E-state index is 11.6. The summed E-state index contributed by atoms with van der Waals surface area (Å²) in [5, 5.41) is 11.6. The Labute approximate surface area is 132 Å². The molecule has 1 aliphatic heterocycles. The van der Waals surface area contributed by atoms with Crippen molar-refractivity contribution in [2.75, 3.05) is 18.4 Å². The van der Waals surface area contributed by atoms with Gasteiger partial charge in [0.2, 0.25) is 11.0 Å². The van der Waals surface area contributed by atoms with Gasteiger partial charge < -0.3 is 10.2 Å². The molecule has 0 aliphatic carbocycles. The lowest BCUT2D eigenvalue weighted by Crippen LogP contribution is -2.37. The van der Waals surface area contributed by atoms with Crippen LogP contribution in [0.5, 0.6) is 0 Å². The fourth-order valence-electron chi connectivity index (χ4n) is 2.71. The number of carbonyl (C=O) groups is 1. The van der Waals surface area contributed by atoms with Gasteiger partial charge in [0.15, 0.2) is 0 Å². The molecule has 1 N–H and O–H groups in total. The molecule has 0 aromatic carbocycles. The number of nitrogens with one attached hydrogen (secondary N) is 1. The van der Waals surface area contributed by atoms with Crippen molar-refractivity contribution in [2.45, 2.75) is 32.6 Å². The highest BCUT2D eigenvalue weighted by Crippen LogP contribution is 2.27. The van der Waals surface area contributed by atoms with Gasteiger partial charge in [0.05, 0.1) is 5.69 Å². The number of hydrogen-bond donors (Lipinski definition) is 1. The first-order valence-corrected chi connectivity index (χ1v) is 8.14. The monoisotopic (exact) mass is 318 g/mol. The summed E-state index contributed by atoms with van der Waals surface area (Å²) in [4.78, 5) is 22.4. The molecule has 8 heteroatoms. The highest BCUT2D eigenvalue weighted by atomic mass is 32.1. The summed E-state index contributed by atoms with van der Waals surface area (Å²) in [7, 11) is 0. The normalized spacial score (nSPS) is 18.3. The van der Waals surface area contributed by atoms with Crippen molar-refractivity contribution in [3.8, 4) is 0 Å². The second kappa shape index (κ2) is 6.35. The molecule has 1 amide bonds. The van der Waals surface area contributed by atoms with E-state index < -0.39 is 0 Å². The molecule has 7 nitrogen and oxygen atoms in total. The van der Waals surface area contributed by atoms with E-state index in [9.17, 15) is 4.79 Å². The lowest BCUT2D eigenvalue weighted by Gasteiger charge is -2.31. The van der Waals surface area contributed by atoms with Crippen molar-refractivity contribution < 1.29 is 4.79 Å². The molecule has 0 bridgehead atoms. The number of aromatic nitrogens is 4. The van der Waals surface area contributed by atoms with Gasteiger partial charge in [-0.05, 0) is 19.8 Å². The standard InChI is InChI=1S/C14H18N6OS/c1-9-16-12(11-4-3-5-20(7-11)10(2)21)6-13(17-9)18-14-19-15-8-22-14/h6,8,11H,3-5,7H2,1-2H3,(H,16,17,18,19). The van der Waals surface area contributed by atoms with Gasteiger partial charge >= 0.3 is 0 Å². The number of aryl methyl sites for hydroxylation is 1. The second-order valence-electron chi connectivity index (χ2n) is 5.40. The predicted octanol–water partition coefficient (Wildman–Crippen LogP) is 2.11. The number of piperidine rings is 1. The molecule has 1 unspecified atom stereocenters. The molecule has 116 valence electrons. The van der Waals surface area contributed by atoms with Crippen LogP contribution in [0.3, 0.4) is 0 Å². The van der Waals surface area contributed by atoms with E-state index in [1.165, 1.54) is 11.3 Å². The molecule has 0 saturated carbocycles. The van der Waals surface area contributed by atoms with Gasteiger partial charge in [-0.25, -0.2) is 9.97 Å². The molecule has 3 rings (SSSR count). The lowest BCUT2D eigenvalue weighted by molar-refractivity contribution is -0.130. The summed E-state index contributed by atoms with van der Waals surface area (Å²) in [5.41, 5.74) is 2.65. The average molecular weight is 318 g/mol. The van der Waals surface area contributed by atoms with Crippen molar-refractivity contribution in [3.63, 3.8) is 0 Å². The highest BCUT2D eigenvalue weighted by molar-refractivity contribution is 7.13. The van der Waals surface area contributed by atoms with Crippen LogP contribution in [-0.2, 0) is 4.79 Å². The fraction of sp³-hybridized carbons (Fsp3) is 0.500. The Balaban J connectivity index is 1.81. The quantitative estimate of drug-likeness (QED) is 0.933. The number of anilines is 2. The van der Waals surface area contributed by atoms with E-state index in [1.807, 2.05) is 17.9 Å². The first kappa shape index (κ1) is 14.8. The van der Waals surface area contributed by atoms with E-state index in [0.29, 0.717) is 11.0 Å². The van der Waals surface area contributed by atoms with Gasteiger partial charge in [-0.1, -0.05) is 11.3 Å². The Morgan fingerprint density at radius 3 is 3.05 bits per heavy atom. The van der Waals surface area contributed by atoms with Gasteiger partial charge in [0.1, 0.15) is 17.2 Å². The summed E-state index contributed by atoms with van der Waals surface area (Å²) >= 11 is 1.42. The summed E-state index contributed by atoms with van der Waals surface area (Å²) in [5.74, 6) is 1.82. The van der Waals surface area contributed by atoms with Crippen molar-refractivity contribution in [1.29, 1.82) is 0 Å². The van der Waals surface area contributed by atoms with Crippen molar-refractivity contribution in [3.05, 3.63) is 23.1 Å². The summed E-state index contributed by atoms with van der Waals surface area (Å²) in [6.07, 6.45) is 2.05. The molecule has 0 radical (unpaired) electrons. The van der Waals surface area contributed by atoms with E-state index in [1.54, 1.807) is 12.4 Å². The minimum atomic E-state index is 0.127. The van der Waals surface area contributed by atoms with Crippen LogP contribution >= 0.6 is 11.3 Å². The minimum Gasteiger partial charge on any atom is -0.342 e. The third-order valence-electron chi connectivity index (χ3n) is 3.74. The Bertz CT molecular complexity index is 659. The average Bonchev–Trinajstić information content (AvgIpc) is 2.99. The first-order chi connectivity index (χ1) is 10.6. The Morgan fingerprint density at radius 2 is 2.32 bits per heavy atom. The lowest BCUT2D eigenvalue weighted by atomic mass is 9.94. The van der Waals surface area contributed by atoms with Crippen LogP contribution in [0.1, 0.15) is 37.2 Å². The van der Waals surface area contributed by atoms with Crippen LogP contribution in [0.4, 0.5) is 10.9 Å². The summed E-state index contributed by atoms with van der Waals surface area (Å²) < 4.78 is 0. The molecule has 1 aliphatic rings. The summed E-state index contributed by atoms with van der Waals surface area (Å²) in [6, 6.07) is 1.95. The Morgan fingerprint density at radius 1 is 1.45 bits per heavy atom. The van der Waals surface area contributed by atoms with Crippen LogP contribution in [0.2, 0.25) is 0 Å². The van der Waals surface area contributed by atoms with Gasteiger partial charge in [0, 0.05) is 32.0 Å². The number of likely N-dealkylation sites (tertiary alicyclic amines) is 1. The van der Waals surface area contributed by atoms with Gasteiger partial charge in [-0.15, -0.1) is 10.2 Å². The molecule has 1 saturated heterocycles. The molecule has 2 aromatic rings. The van der Waals surface area contributed by atoms with Gasteiger partial charge in [0.25, 0.3) is 0 Å². The molecule has 1 atom stereocenters. The van der Waals surface area contributed by atoms with E-state index in [4.69, 9.17) is 0 Å². The van der Waals surface area contributed by atoms with Crippen LogP contribution in [0, 0.1) is 6.92 Å². The minimum absolute atomic E-state index is 0.127. The number of carbonyl (C=O) groups excluding carboxylic acids is 1. The molecule has 22 heavy (non-hydrogen) atoms. The van der Waals surface area contributed by atoms with E-state index in [2.05, 4.69) is 25.5 Å².